The monoisotopic (exact) mass is 485 g/mol. The summed E-state index contributed by atoms with van der Waals surface area (Å²) in [5, 5.41) is 2.04. The van der Waals surface area contributed by atoms with Gasteiger partial charge in [0, 0.05) is 22.7 Å². The van der Waals surface area contributed by atoms with Gasteiger partial charge in [-0.25, -0.2) is 4.79 Å². The van der Waals surface area contributed by atoms with Crippen LogP contribution in [-0.4, -0.2) is 42.9 Å². The molecule has 1 atom stereocenters. The van der Waals surface area contributed by atoms with Crippen molar-refractivity contribution in [3.63, 3.8) is 0 Å². The molecule has 1 aromatic carbocycles. The zero-order chi connectivity index (χ0) is 23.4. The number of nitrogens with zero attached hydrogens (tertiary/aromatic N) is 1. The molecule has 6 nitrogen and oxygen atoms in total. The normalized spacial score (nSPS) is 14.3. The van der Waals surface area contributed by atoms with E-state index in [0.29, 0.717) is 24.5 Å². The molecular weight excluding hydrogens is 458 g/mol. The van der Waals surface area contributed by atoms with Gasteiger partial charge in [0.15, 0.2) is 16.9 Å². The van der Waals surface area contributed by atoms with E-state index in [1.54, 1.807) is 43.3 Å². The molecule has 3 aromatic rings. The van der Waals surface area contributed by atoms with E-state index < -0.39 is 5.97 Å². The van der Waals surface area contributed by atoms with Crippen molar-refractivity contribution in [2.75, 3.05) is 32.3 Å². The van der Waals surface area contributed by atoms with Crippen LogP contribution in [0.3, 0.4) is 0 Å². The molecule has 174 valence electrons. The first-order valence-electron chi connectivity index (χ1n) is 10.9. The number of methoxy groups -OCH3 is 1. The number of esters is 1. The van der Waals surface area contributed by atoms with Crippen LogP contribution in [0.1, 0.15) is 40.2 Å². The molecule has 8 heteroatoms. The van der Waals surface area contributed by atoms with Gasteiger partial charge in [0.25, 0.3) is 0 Å². The number of thiophene rings is 1. The van der Waals surface area contributed by atoms with E-state index >= 15 is 0 Å². The zero-order valence-electron chi connectivity index (χ0n) is 19.0. The Labute approximate surface area is 201 Å². The molecule has 0 amide bonds. The van der Waals surface area contributed by atoms with E-state index in [1.165, 1.54) is 6.07 Å². The molecule has 0 aliphatic carbocycles. The Kier molecular flexibility index (Phi) is 7.45. The number of rotatable bonds is 9. The number of carbonyl (C=O) groups excluding carboxylic acids is 1. The van der Waals surface area contributed by atoms with E-state index in [1.807, 2.05) is 28.1 Å². The molecule has 0 saturated heterocycles. The smallest absolute Gasteiger partial charge is 0.343 e. The van der Waals surface area contributed by atoms with Gasteiger partial charge in [-0.05, 0) is 60.9 Å². The van der Waals surface area contributed by atoms with Crippen molar-refractivity contribution in [1.29, 1.82) is 0 Å². The fourth-order valence-corrected chi connectivity index (χ4v) is 5.31. The van der Waals surface area contributed by atoms with E-state index in [4.69, 9.17) is 14.2 Å². The van der Waals surface area contributed by atoms with Crippen LogP contribution < -0.4 is 14.9 Å². The zero-order valence-corrected chi connectivity index (χ0v) is 20.6. The van der Waals surface area contributed by atoms with Gasteiger partial charge in [-0.1, -0.05) is 6.07 Å². The van der Waals surface area contributed by atoms with Crippen molar-refractivity contribution in [2.45, 2.75) is 25.8 Å². The van der Waals surface area contributed by atoms with Gasteiger partial charge in [-0.15, -0.1) is 11.3 Å². The van der Waals surface area contributed by atoms with Crippen LogP contribution in [0.5, 0.6) is 11.5 Å². The maximum atomic E-state index is 12.9. The Morgan fingerprint density at radius 3 is 2.82 bits per heavy atom. The van der Waals surface area contributed by atoms with Crippen LogP contribution in [0.25, 0.3) is 11.3 Å². The molecule has 0 bridgehead atoms. The lowest BCUT2D eigenvalue weighted by Crippen LogP contribution is -2.26. The number of hydrogen-bond donors (Lipinski definition) is 0. The summed E-state index contributed by atoms with van der Waals surface area (Å²) in [5.41, 5.74) is 2.43. The molecule has 0 fully saturated rings. The number of carbonyl (C=O) groups is 1. The minimum absolute atomic E-state index is 0.0426. The Morgan fingerprint density at radius 1 is 1.27 bits per heavy atom. The second-order valence-electron chi connectivity index (χ2n) is 7.65. The number of ether oxygens (including phenoxy) is 3. The highest BCUT2D eigenvalue weighted by molar-refractivity contribution is 7.98. The topological polar surface area (TPSA) is 66.8 Å². The molecule has 0 spiro atoms. The average Bonchev–Trinajstić information content (AvgIpc) is 3.35. The molecule has 3 heterocycles. The Bertz CT molecular complexity index is 1190. The van der Waals surface area contributed by atoms with Gasteiger partial charge in [0.2, 0.25) is 0 Å². The highest BCUT2D eigenvalue weighted by atomic mass is 32.2. The maximum absolute atomic E-state index is 12.9. The summed E-state index contributed by atoms with van der Waals surface area (Å²) < 4.78 is 18.8. The summed E-state index contributed by atoms with van der Waals surface area (Å²) in [5.74, 6) is 1.77. The van der Waals surface area contributed by atoms with Gasteiger partial charge < -0.3 is 18.8 Å². The molecule has 1 unspecified atom stereocenters. The summed E-state index contributed by atoms with van der Waals surface area (Å²) in [6.45, 7) is 2.56. The van der Waals surface area contributed by atoms with Crippen LogP contribution in [0.2, 0.25) is 0 Å². The molecular formula is C25H27NO5S2. The molecule has 0 saturated carbocycles. The van der Waals surface area contributed by atoms with E-state index in [9.17, 15) is 9.59 Å². The van der Waals surface area contributed by atoms with Crippen molar-refractivity contribution < 1.29 is 19.0 Å². The lowest BCUT2D eigenvalue weighted by molar-refractivity contribution is 0.0523. The molecule has 0 N–H and O–H groups in total. The molecule has 33 heavy (non-hydrogen) atoms. The minimum atomic E-state index is -0.597. The number of hydrogen-bond acceptors (Lipinski definition) is 7. The average molecular weight is 486 g/mol. The molecule has 1 aliphatic heterocycles. The Balaban J connectivity index is 1.82. The second-order valence-corrected chi connectivity index (χ2v) is 9.62. The maximum Gasteiger partial charge on any atom is 0.343 e. The molecule has 1 aliphatic rings. The lowest BCUT2D eigenvalue weighted by atomic mass is 9.91. The van der Waals surface area contributed by atoms with Gasteiger partial charge in [0.1, 0.15) is 5.56 Å². The van der Waals surface area contributed by atoms with Gasteiger partial charge in [-0.2, -0.15) is 11.8 Å². The number of fused-ring (bicyclic) bond motifs is 3. The molecule has 2 aromatic heterocycles. The van der Waals surface area contributed by atoms with Crippen molar-refractivity contribution in [3.8, 4) is 22.8 Å². The second kappa shape index (κ2) is 10.5. The summed E-state index contributed by atoms with van der Waals surface area (Å²) in [6, 6.07) is 9.54. The highest BCUT2D eigenvalue weighted by Gasteiger charge is 2.29. The fraction of sp³-hybridized carbons (Fsp3) is 0.360. The van der Waals surface area contributed by atoms with Crippen LogP contribution in [0.15, 0.2) is 46.7 Å². The lowest BCUT2D eigenvalue weighted by Gasteiger charge is -2.31. The van der Waals surface area contributed by atoms with Crippen LogP contribution in [0.4, 0.5) is 0 Å². The van der Waals surface area contributed by atoms with Crippen LogP contribution >= 0.6 is 23.1 Å². The predicted molar refractivity (Wildman–Crippen MR) is 133 cm³/mol. The first-order chi connectivity index (χ1) is 16.1. The number of benzene rings is 1. The van der Waals surface area contributed by atoms with Crippen molar-refractivity contribution in [1.82, 2.24) is 4.57 Å². The Hall–Kier alpha value is -2.71. The number of pyridine rings is 1. The van der Waals surface area contributed by atoms with E-state index in [2.05, 4.69) is 12.3 Å². The third kappa shape index (κ3) is 4.82. The van der Waals surface area contributed by atoms with Gasteiger partial charge >= 0.3 is 5.97 Å². The quantitative estimate of drug-likeness (QED) is 0.313. The van der Waals surface area contributed by atoms with Gasteiger partial charge in [-0.3, -0.25) is 4.79 Å². The highest BCUT2D eigenvalue weighted by Crippen LogP contribution is 2.43. The first kappa shape index (κ1) is 23.4. The summed E-state index contributed by atoms with van der Waals surface area (Å²) in [7, 11) is 1.62. The predicted octanol–water partition coefficient (Wildman–Crippen LogP) is 5.04. The summed E-state index contributed by atoms with van der Waals surface area (Å²) in [4.78, 5) is 26.4. The van der Waals surface area contributed by atoms with Gasteiger partial charge in [0.05, 0.1) is 32.1 Å². The first-order valence-corrected chi connectivity index (χ1v) is 13.1. The van der Waals surface area contributed by atoms with Crippen LogP contribution in [0, 0.1) is 0 Å². The van der Waals surface area contributed by atoms with Crippen molar-refractivity contribution in [3.05, 3.63) is 68.1 Å². The molecule has 0 radical (unpaired) electrons. The largest absolute Gasteiger partial charge is 0.493 e. The summed E-state index contributed by atoms with van der Waals surface area (Å²) >= 11 is 3.45. The molecule has 4 rings (SSSR count). The minimum Gasteiger partial charge on any atom is -0.493 e. The number of aromatic nitrogens is 1. The number of thioether (sulfide) groups is 1. The van der Waals surface area contributed by atoms with Crippen molar-refractivity contribution in [2.24, 2.45) is 0 Å². The van der Waals surface area contributed by atoms with Crippen LogP contribution in [-0.2, 0) is 11.2 Å². The fourth-order valence-electron chi connectivity index (χ4n) is 4.08. The standard InChI is InChI=1S/C25H27NO5S2/c1-4-30-25(28)18-15-26-19(14-21(18)27)17-13-22(29-2)23(31-8-6-9-32-3)12-16(17)11-20(26)24-7-5-10-33-24/h5,7,10,12-15,20H,4,6,8-9,11H2,1-3H3. The third-order valence-electron chi connectivity index (χ3n) is 5.61. The third-order valence-corrected chi connectivity index (χ3v) is 7.28. The SMILES string of the molecule is CCOC(=O)c1cn2c(cc1=O)-c1cc(OC)c(OCCCSC)cc1CC2c1cccs1. The van der Waals surface area contributed by atoms with Crippen molar-refractivity contribution >= 4 is 29.1 Å². The van der Waals surface area contributed by atoms with E-state index in [-0.39, 0.29) is 23.6 Å². The van der Waals surface area contributed by atoms with E-state index in [0.717, 1.165) is 33.9 Å². The Morgan fingerprint density at radius 2 is 2.12 bits per heavy atom. The summed E-state index contributed by atoms with van der Waals surface area (Å²) in [6.07, 6.45) is 5.38.